The van der Waals surface area contributed by atoms with E-state index in [0.29, 0.717) is 18.7 Å². The molecule has 6 heteroatoms. The Morgan fingerprint density at radius 1 is 1.45 bits per heavy atom. The van der Waals surface area contributed by atoms with Crippen LogP contribution < -0.4 is 4.74 Å². The predicted octanol–water partition coefficient (Wildman–Crippen LogP) is 1.52. The number of aromatic nitrogens is 2. The van der Waals surface area contributed by atoms with Crippen LogP contribution in [0.5, 0.6) is 6.01 Å². The van der Waals surface area contributed by atoms with Gasteiger partial charge in [0.2, 0.25) is 0 Å². The summed E-state index contributed by atoms with van der Waals surface area (Å²) in [6.45, 7) is 4.03. The third-order valence-corrected chi connectivity index (χ3v) is 3.42. The van der Waals surface area contributed by atoms with E-state index in [1.807, 2.05) is 6.92 Å². The molecule has 0 saturated carbocycles. The molecule has 0 spiro atoms. The third-order valence-electron chi connectivity index (χ3n) is 3.42. The lowest BCUT2D eigenvalue weighted by atomic mass is 10.1. The van der Waals surface area contributed by atoms with Crippen LogP contribution in [0.4, 0.5) is 0 Å². The van der Waals surface area contributed by atoms with Gasteiger partial charge in [-0.25, -0.2) is 9.97 Å². The molecule has 1 aromatic rings. The SMILES string of the molecule is CCN(C[C@H]1CCCCO1)C(=O)c1cnc(OC)nc1. The van der Waals surface area contributed by atoms with Gasteiger partial charge in [-0.15, -0.1) is 0 Å². The fourth-order valence-electron chi connectivity index (χ4n) is 2.27. The molecule has 6 nitrogen and oxygen atoms in total. The molecule has 1 saturated heterocycles. The smallest absolute Gasteiger partial charge is 0.316 e. The first kappa shape index (κ1) is 14.7. The Balaban J connectivity index is 1.99. The Labute approximate surface area is 119 Å². The molecule has 1 aromatic heterocycles. The summed E-state index contributed by atoms with van der Waals surface area (Å²) in [6.07, 6.45) is 6.44. The molecule has 1 aliphatic rings. The molecular weight excluding hydrogens is 258 g/mol. The van der Waals surface area contributed by atoms with Crippen LogP contribution >= 0.6 is 0 Å². The molecule has 1 aliphatic heterocycles. The monoisotopic (exact) mass is 279 g/mol. The number of nitrogens with zero attached hydrogens (tertiary/aromatic N) is 3. The van der Waals surface area contributed by atoms with E-state index in [1.165, 1.54) is 25.9 Å². The highest BCUT2D eigenvalue weighted by Gasteiger charge is 2.21. The molecular formula is C14H21N3O3. The number of methoxy groups -OCH3 is 1. The normalized spacial score (nSPS) is 18.6. The lowest BCUT2D eigenvalue weighted by Gasteiger charge is -2.29. The predicted molar refractivity (Wildman–Crippen MR) is 73.8 cm³/mol. The zero-order chi connectivity index (χ0) is 14.4. The van der Waals surface area contributed by atoms with Crippen molar-refractivity contribution in [1.82, 2.24) is 14.9 Å². The first-order valence-corrected chi connectivity index (χ1v) is 7.01. The molecule has 0 aromatic carbocycles. The van der Waals surface area contributed by atoms with Gasteiger partial charge in [0, 0.05) is 32.1 Å². The van der Waals surface area contributed by atoms with Crippen LogP contribution in [-0.2, 0) is 4.74 Å². The lowest BCUT2D eigenvalue weighted by Crippen LogP contribution is -2.39. The van der Waals surface area contributed by atoms with Crippen molar-refractivity contribution in [3.63, 3.8) is 0 Å². The number of likely N-dealkylation sites (N-methyl/N-ethyl adjacent to an activating group) is 1. The van der Waals surface area contributed by atoms with Crippen LogP contribution in [0.15, 0.2) is 12.4 Å². The largest absolute Gasteiger partial charge is 0.467 e. The van der Waals surface area contributed by atoms with Gasteiger partial charge >= 0.3 is 6.01 Å². The molecule has 0 N–H and O–H groups in total. The van der Waals surface area contributed by atoms with Gasteiger partial charge in [0.25, 0.3) is 5.91 Å². The summed E-state index contributed by atoms with van der Waals surface area (Å²) in [7, 11) is 1.50. The third kappa shape index (κ3) is 3.66. The van der Waals surface area contributed by atoms with Gasteiger partial charge in [0.15, 0.2) is 0 Å². The number of carbonyl (C=O) groups is 1. The maximum atomic E-state index is 12.4. The van der Waals surface area contributed by atoms with E-state index in [2.05, 4.69) is 9.97 Å². The Hall–Kier alpha value is -1.69. The molecule has 0 bridgehead atoms. The van der Waals surface area contributed by atoms with Crippen molar-refractivity contribution in [2.45, 2.75) is 32.3 Å². The minimum atomic E-state index is -0.0654. The number of amides is 1. The maximum Gasteiger partial charge on any atom is 0.316 e. The summed E-state index contributed by atoms with van der Waals surface area (Å²) < 4.78 is 10.6. The number of hydrogen-bond acceptors (Lipinski definition) is 5. The highest BCUT2D eigenvalue weighted by molar-refractivity contribution is 5.93. The van der Waals surface area contributed by atoms with Crippen molar-refractivity contribution >= 4 is 5.91 Å². The molecule has 1 atom stereocenters. The average Bonchev–Trinajstić information content (AvgIpc) is 2.53. The minimum absolute atomic E-state index is 0.0654. The Bertz CT molecular complexity index is 430. The second-order valence-corrected chi connectivity index (χ2v) is 4.79. The zero-order valence-electron chi connectivity index (χ0n) is 12.0. The van der Waals surface area contributed by atoms with Crippen LogP contribution in [0.2, 0.25) is 0 Å². The molecule has 2 rings (SSSR count). The van der Waals surface area contributed by atoms with E-state index in [1.54, 1.807) is 4.90 Å². The summed E-state index contributed by atoms with van der Waals surface area (Å²) in [5.41, 5.74) is 0.475. The fourth-order valence-corrected chi connectivity index (χ4v) is 2.27. The van der Waals surface area contributed by atoms with Gasteiger partial charge < -0.3 is 14.4 Å². The number of carbonyl (C=O) groups excluding carboxylic acids is 1. The zero-order valence-corrected chi connectivity index (χ0v) is 12.0. The van der Waals surface area contributed by atoms with E-state index in [9.17, 15) is 4.79 Å². The Morgan fingerprint density at radius 2 is 2.20 bits per heavy atom. The van der Waals surface area contributed by atoms with E-state index in [4.69, 9.17) is 9.47 Å². The van der Waals surface area contributed by atoms with E-state index in [-0.39, 0.29) is 18.0 Å². The molecule has 0 radical (unpaired) electrons. The summed E-state index contributed by atoms with van der Waals surface area (Å²) in [5.74, 6) is -0.0654. The highest BCUT2D eigenvalue weighted by Crippen LogP contribution is 2.15. The van der Waals surface area contributed by atoms with Crippen LogP contribution in [0.25, 0.3) is 0 Å². The van der Waals surface area contributed by atoms with Gasteiger partial charge in [-0.3, -0.25) is 4.79 Å². The molecule has 2 heterocycles. The fraction of sp³-hybridized carbons (Fsp3) is 0.643. The van der Waals surface area contributed by atoms with Crippen molar-refractivity contribution in [2.24, 2.45) is 0 Å². The van der Waals surface area contributed by atoms with Crippen LogP contribution in [0, 0.1) is 0 Å². The second kappa shape index (κ2) is 7.19. The molecule has 0 aliphatic carbocycles. The highest BCUT2D eigenvalue weighted by atomic mass is 16.5. The van der Waals surface area contributed by atoms with Crippen molar-refractivity contribution in [1.29, 1.82) is 0 Å². The summed E-state index contributed by atoms with van der Waals surface area (Å²) in [6, 6.07) is 0.264. The lowest BCUT2D eigenvalue weighted by molar-refractivity contribution is -0.00313. The minimum Gasteiger partial charge on any atom is -0.467 e. The molecule has 110 valence electrons. The van der Waals surface area contributed by atoms with Crippen molar-refractivity contribution in [3.8, 4) is 6.01 Å². The van der Waals surface area contributed by atoms with E-state index >= 15 is 0 Å². The summed E-state index contributed by atoms with van der Waals surface area (Å²) >= 11 is 0. The van der Waals surface area contributed by atoms with Crippen molar-refractivity contribution in [3.05, 3.63) is 18.0 Å². The van der Waals surface area contributed by atoms with Gasteiger partial charge in [-0.05, 0) is 26.2 Å². The number of ether oxygens (including phenoxy) is 2. The topological polar surface area (TPSA) is 64.5 Å². The number of hydrogen-bond donors (Lipinski definition) is 0. The molecule has 1 fully saturated rings. The van der Waals surface area contributed by atoms with Crippen molar-refractivity contribution in [2.75, 3.05) is 26.8 Å². The molecule has 20 heavy (non-hydrogen) atoms. The van der Waals surface area contributed by atoms with Crippen LogP contribution in [-0.4, -0.2) is 53.7 Å². The van der Waals surface area contributed by atoms with Crippen molar-refractivity contribution < 1.29 is 14.3 Å². The van der Waals surface area contributed by atoms with Gasteiger partial charge in [-0.2, -0.15) is 0 Å². The van der Waals surface area contributed by atoms with Gasteiger partial charge in [0.1, 0.15) is 0 Å². The molecule has 0 unspecified atom stereocenters. The maximum absolute atomic E-state index is 12.4. The summed E-state index contributed by atoms with van der Waals surface area (Å²) in [4.78, 5) is 22.1. The van der Waals surface area contributed by atoms with Gasteiger partial charge in [0.05, 0.1) is 18.8 Å². The number of rotatable bonds is 5. The Morgan fingerprint density at radius 3 is 2.75 bits per heavy atom. The van der Waals surface area contributed by atoms with E-state index < -0.39 is 0 Å². The van der Waals surface area contributed by atoms with Gasteiger partial charge in [-0.1, -0.05) is 0 Å². The summed E-state index contributed by atoms with van der Waals surface area (Å²) in [5, 5.41) is 0. The first-order chi connectivity index (χ1) is 9.74. The van der Waals surface area contributed by atoms with Crippen LogP contribution in [0.3, 0.4) is 0 Å². The average molecular weight is 279 g/mol. The standard InChI is InChI=1S/C14H21N3O3/c1-3-17(10-12-6-4-5-7-20-12)13(18)11-8-15-14(19-2)16-9-11/h8-9,12H,3-7,10H2,1-2H3/t12-/m1/s1. The second-order valence-electron chi connectivity index (χ2n) is 4.79. The first-order valence-electron chi connectivity index (χ1n) is 7.01. The molecule has 1 amide bonds. The Kier molecular flexibility index (Phi) is 5.29. The van der Waals surface area contributed by atoms with E-state index in [0.717, 1.165) is 19.4 Å². The quantitative estimate of drug-likeness (QED) is 0.817. The van der Waals surface area contributed by atoms with Crippen LogP contribution in [0.1, 0.15) is 36.5 Å².